The van der Waals surface area contributed by atoms with Gasteiger partial charge in [-0.25, -0.2) is 0 Å². The van der Waals surface area contributed by atoms with Crippen LogP contribution in [0.1, 0.15) is 46.0 Å². The highest BCUT2D eigenvalue weighted by Crippen LogP contribution is 2.31. The van der Waals surface area contributed by atoms with Crippen LogP contribution >= 0.6 is 0 Å². The van der Waals surface area contributed by atoms with Crippen LogP contribution in [0.25, 0.3) is 0 Å². The van der Waals surface area contributed by atoms with Gasteiger partial charge in [0.2, 0.25) is 5.91 Å². The first-order chi connectivity index (χ1) is 9.25. The molecule has 1 aliphatic heterocycles. The largest absolute Gasteiger partial charge is 0.414 e. The number of hydrogen-bond acceptors (Lipinski definition) is 2. The van der Waals surface area contributed by atoms with Crippen molar-refractivity contribution in [1.82, 2.24) is 4.90 Å². The molecule has 1 aliphatic rings. The predicted molar refractivity (Wildman–Crippen MR) is 70.1 cm³/mol. The molecule has 0 aromatic carbocycles. The Morgan fingerprint density at radius 2 is 1.90 bits per heavy atom. The van der Waals surface area contributed by atoms with Gasteiger partial charge in [0.05, 0.1) is 0 Å². The quantitative estimate of drug-likeness (QED) is 0.847. The lowest BCUT2D eigenvalue weighted by molar-refractivity contribution is -0.222. The molecule has 3 nitrogen and oxygen atoms in total. The molecule has 20 heavy (non-hydrogen) atoms. The van der Waals surface area contributed by atoms with E-state index in [0.29, 0.717) is 25.4 Å². The summed E-state index contributed by atoms with van der Waals surface area (Å²) in [5.74, 6) is -0.455. The predicted octanol–water partition coefficient (Wildman–Crippen LogP) is 2.97. The maximum atomic E-state index is 12.4. The second kappa shape index (κ2) is 7.29. The molecule has 1 amide bonds. The van der Waals surface area contributed by atoms with Crippen LogP contribution in [0.15, 0.2) is 0 Å². The number of likely N-dealkylation sites (tertiary alicyclic amines) is 1. The van der Waals surface area contributed by atoms with Crippen LogP contribution in [0, 0.1) is 11.8 Å². The molecule has 0 aliphatic carbocycles. The fraction of sp³-hybridized carbons (Fsp3) is 0.929. The standard InChI is InChI=1S/C14H24F3NO2/c1-3-4-10(2)9-12(19)18-7-5-11(6-8-18)13(20)14(15,16)17/h10-11,13,20H,3-9H2,1-2H3. The molecule has 0 radical (unpaired) electrons. The Morgan fingerprint density at radius 1 is 1.35 bits per heavy atom. The number of aliphatic hydroxyl groups is 1. The monoisotopic (exact) mass is 295 g/mol. The minimum atomic E-state index is -4.56. The summed E-state index contributed by atoms with van der Waals surface area (Å²) < 4.78 is 37.2. The Labute approximate surface area is 118 Å². The van der Waals surface area contributed by atoms with Crippen molar-refractivity contribution in [1.29, 1.82) is 0 Å². The van der Waals surface area contributed by atoms with Gasteiger partial charge in [0.1, 0.15) is 0 Å². The molecular formula is C14H24F3NO2. The van der Waals surface area contributed by atoms with E-state index in [9.17, 15) is 23.1 Å². The molecular weight excluding hydrogens is 271 g/mol. The molecule has 1 rings (SSSR count). The first-order valence-corrected chi connectivity index (χ1v) is 7.28. The number of alkyl halides is 3. The smallest absolute Gasteiger partial charge is 0.383 e. The number of hydrogen-bond donors (Lipinski definition) is 1. The molecule has 0 aromatic heterocycles. The van der Waals surface area contributed by atoms with Crippen LogP contribution in [0.2, 0.25) is 0 Å². The van der Waals surface area contributed by atoms with Crippen molar-refractivity contribution in [2.75, 3.05) is 13.1 Å². The second-order valence-electron chi connectivity index (χ2n) is 5.80. The Morgan fingerprint density at radius 3 is 2.35 bits per heavy atom. The fourth-order valence-electron chi connectivity index (χ4n) is 2.75. The summed E-state index contributed by atoms with van der Waals surface area (Å²) in [6.45, 7) is 4.71. The van der Waals surface area contributed by atoms with Crippen molar-refractivity contribution in [3.63, 3.8) is 0 Å². The molecule has 0 spiro atoms. The zero-order valence-corrected chi connectivity index (χ0v) is 12.1. The van der Waals surface area contributed by atoms with Crippen LogP contribution in [-0.4, -0.2) is 41.3 Å². The van der Waals surface area contributed by atoms with Crippen molar-refractivity contribution >= 4 is 5.91 Å². The molecule has 0 bridgehead atoms. The molecule has 118 valence electrons. The average Bonchev–Trinajstić information content (AvgIpc) is 2.37. The summed E-state index contributed by atoms with van der Waals surface area (Å²) in [6.07, 6.45) is -3.93. The van der Waals surface area contributed by atoms with E-state index in [1.54, 1.807) is 4.90 Å². The van der Waals surface area contributed by atoms with Crippen LogP contribution in [0.3, 0.4) is 0 Å². The molecule has 1 fully saturated rings. The maximum Gasteiger partial charge on any atom is 0.414 e. The highest BCUT2D eigenvalue weighted by Gasteiger charge is 2.44. The average molecular weight is 295 g/mol. The summed E-state index contributed by atoms with van der Waals surface area (Å²) in [5.41, 5.74) is 0. The van der Waals surface area contributed by atoms with Gasteiger partial charge in [0.25, 0.3) is 0 Å². The molecule has 6 heteroatoms. The van der Waals surface area contributed by atoms with Crippen molar-refractivity contribution < 1.29 is 23.1 Å². The fourth-order valence-corrected chi connectivity index (χ4v) is 2.75. The summed E-state index contributed by atoms with van der Waals surface area (Å²) >= 11 is 0. The van der Waals surface area contributed by atoms with Crippen molar-refractivity contribution in [3.8, 4) is 0 Å². The first kappa shape index (κ1) is 17.3. The highest BCUT2D eigenvalue weighted by atomic mass is 19.4. The van der Waals surface area contributed by atoms with Crippen molar-refractivity contribution in [2.45, 2.75) is 58.2 Å². The Kier molecular flexibility index (Phi) is 6.30. The van der Waals surface area contributed by atoms with Gasteiger partial charge in [-0.15, -0.1) is 0 Å². The van der Waals surface area contributed by atoms with Gasteiger partial charge in [0, 0.05) is 19.5 Å². The number of nitrogens with zero attached hydrogens (tertiary/aromatic N) is 1. The van der Waals surface area contributed by atoms with Gasteiger partial charge in [-0.3, -0.25) is 4.79 Å². The zero-order chi connectivity index (χ0) is 15.3. The third-order valence-electron chi connectivity index (χ3n) is 3.98. The molecule has 1 N–H and O–H groups in total. The van der Waals surface area contributed by atoms with Crippen LogP contribution < -0.4 is 0 Å². The maximum absolute atomic E-state index is 12.4. The van der Waals surface area contributed by atoms with Gasteiger partial charge >= 0.3 is 6.18 Å². The van der Waals surface area contributed by atoms with Gasteiger partial charge < -0.3 is 10.0 Å². The number of rotatable bonds is 5. The number of piperidine rings is 1. The van der Waals surface area contributed by atoms with E-state index in [-0.39, 0.29) is 18.7 Å². The van der Waals surface area contributed by atoms with Crippen molar-refractivity contribution in [3.05, 3.63) is 0 Å². The number of amides is 1. The second-order valence-corrected chi connectivity index (χ2v) is 5.80. The summed E-state index contributed by atoms with van der Waals surface area (Å²) in [7, 11) is 0. The third-order valence-corrected chi connectivity index (χ3v) is 3.98. The van der Waals surface area contributed by atoms with Crippen LogP contribution in [-0.2, 0) is 4.79 Å². The number of halogens is 3. The minimum absolute atomic E-state index is 0.0194. The van der Waals surface area contributed by atoms with Gasteiger partial charge in [-0.2, -0.15) is 13.2 Å². The lowest BCUT2D eigenvalue weighted by atomic mass is 9.90. The lowest BCUT2D eigenvalue weighted by Gasteiger charge is -2.35. The highest BCUT2D eigenvalue weighted by molar-refractivity contribution is 5.76. The molecule has 2 atom stereocenters. The van der Waals surface area contributed by atoms with E-state index in [1.807, 2.05) is 6.92 Å². The zero-order valence-electron chi connectivity index (χ0n) is 12.1. The normalized spacial score (nSPS) is 20.8. The summed E-state index contributed by atoms with van der Waals surface area (Å²) in [5, 5.41) is 9.22. The number of carbonyl (C=O) groups is 1. The van der Waals surface area contributed by atoms with Crippen LogP contribution in [0.4, 0.5) is 13.2 Å². The van der Waals surface area contributed by atoms with Gasteiger partial charge in [-0.05, 0) is 24.7 Å². The van der Waals surface area contributed by atoms with E-state index in [2.05, 4.69) is 6.92 Å². The van der Waals surface area contributed by atoms with Gasteiger partial charge in [0.15, 0.2) is 6.10 Å². The molecule has 0 saturated carbocycles. The summed E-state index contributed by atoms with van der Waals surface area (Å²) in [4.78, 5) is 13.6. The number of aliphatic hydroxyl groups excluding tert-OH is 1. The molecule has 1 heterocycles. The summed E-state index contributed by atoms with van der Waals surface area (Å²) in [6, 6.07) is 0. The Hall–Kier alpha value is -0.780. The molecule has 1 saturated heterocycles. The Balaban J connectivity index is 2.40. The third kappa shape index (κ3) is 4.96. The molecule has 0 aromatic rings. The molecule has 2 unspecified atom stereocenters. The number of carbonyl (C=O) groups excluding carboxylic acids is 1. The van der Waals surface area contributed by atoms with E-state index >= 15 is 0 Å². The minimum Gasteiger partial charge on any atom is -0.383 e. The van der Waals surface area contributed by atoms with Crippen LogP contribution in [0.5, 0.6) is 0 Å². The van der Waals surface area contributed by atoms with E-state index in [4.69, 9.17) is 0 Å². The van der Waals surface area contributed by atoms with E-state index in [0.717, 1.165) is 12.8 Å². The van der Waals surface area contributed by atoms with E-state index in [1.165, 1.54) is 0 Å². The van der Waals surface area contributed by atoms with E-state index < -0.39 is 18.2 Å². The Bertz CT molecular complexity index is 312. The van der Waals surface area contributed by atoms with Crippen molar-refractivity contribution in [2.24, 2.45) is 11.8 Å². The lowest BCUT2D eigenvalue weighted by Crippen LogP contribution is -2.45. The van der Waals surface area contributed by atoms with Gasteiger partial charge in [-0.1, -0.05) is 26.7 Å². The topological polar surface area (TPSA) is 40.5 Å². The SMILES string of the molecule is CCCC(C)CC(=O)N1CCC(C(O)C(F)(F)F)CC1. The first-order valence-electron chi connectivity index (χ1n) is 7.28.